The highest BCUT2D eigenvalue weighted by Crippen LogP contribution is 2.32. The summed E-state index contributed by atoms with van der Waals surface area (Å²) in [5, 5.41) is 0. The van der Waals surface area contributed by atoms with E-state index < -0.39 is 0 Å². The van der Waals surface area contributed by atoms with Crippen LogP contribution in [0.3, 0.4) is 0 Å². The fraction of sp³-hybridized carbons (Fsp3) is 0.263. The molecule has 2 aromatic carbocycles. The lowest BCUT2D eigenvalue weighted by Crippen LogP contribution is -2.16. The number of aryl methyl sites for hydroxylation is 1. The first-order chi connectivity index (χ1) is 9.95. The highest BCUT2D eigenvalue weighted by molar-refractivity contribution is 5.79. The van der Waals surface area contributed by atoms with Gasteiger partial charge in [-0.25, -0.2) is 9.97 Å². The third-order valence-electron chi connectivity index (χ3n) is 3.57. The zero-order valence-electron chi connectivity index (χ0n) is 13.0. The van der Waals surface area contributed by atoms with Crippen molar-refractivity contribution < 1.29 is 0 Å². The molecule has 0 atom stereocenters. The molecule has 0 bridgehead atoms. The van der Waals surface area contributed by atoms with Gasteiger partial charge in [0.05, 0.1) is 22.4 Å². The monoisotopic (exact) mass is 276 g/mol. The maximum atomic E-state index is 4.89. The van der Waals surface area contributed by atoms with Crippen LogP contribution in [0.1, 0.15) is 32.0 Å². The van der Waals surface area contributed by atoms with Crippen LogP contribution in [-0.2, 0) is 5.41 Å². The number of fused-ring (bicyclic) bond motifs is 1. The number of nitrogens with zero attached hydrogens (tertiary/aromatic N) is 2. The third-order valence-corrected chi connectivity index (χ3v) is 3.57. The molecule has 3 aromatic rings. The first-order valence-electron chi connectivity index (χ1n) is 7.29. The van der Waals surface area contributed by atoms with Crippen LogP contribution in [0, 0.1) is 6.92 Å². The van der Waals surface area contributed by atoms with Crippen LogP contribution in [0.4, 0.5) is 0 Å². The molecule has 1 heterocycles. The molecule has 21 heavy (non-hydrogen) atoms. The summed E-state index contributed by atoms with van der Waals surface area (Å²) < 4.78 is 0. The van der Waals surface area contributed by atoms with E-state index in [0.29, 0.717) is 0 Å². The molecule has 2 nitrogen and oxygen atoms in total. The van der Waals surface area contributed by atoms with Crippen LogP contribution >= 0.6 is 0 Å². The van der Waals surface area contributed by atoms with E-state index in [1.807, 2.05) is 24.3 Å². The van der Waals surface area contributed by atoms with Crippen LogP contribution in [-0.4, -0.2) is 9.97 Å². The van der Waals surface area contributed by atoms with E-state index in [-0.39, 0.29) is 5.41 Å². The van der Waals surface area contributed by atoms with Gasteiger partial charge in [-0.1, -0.05) is 56.7 Å². The fourth-order valence-electron chi connectivity index (χ4n) is 2.52. The summed E-state index contributed by atoms with van der Waals surface area (Å²) in [5.41, 5.74) is 6.27. The van der Waals surface area contributed by atoms with E-state index in [2.05, 4.69) is 52.0 Å². The average molecular weight is 276 g/mol. The predicted octanol–water partition coefficient (Wildman–Crippen LogP) is 4.90. The van der Waals surface area contributed by atoms with E-state index in [1.54, 1.807) is 0 Å². The van der Waals surface area contributed by atoms with Crippen molar-refractivity contribution in [3.05, 3.63) is 59.8 Å². The van der Waals surface area contributed by atoms with Crippen molar-refractivity contribution in [3.8, 4) is 11.3 Å². The van der Waals surface area contributed by atoms with Crippen LogP contribution in [0.15, 0.2) is 48.5 Å². The van der Waals surface area contributed by atoms with Gasteiger partial charge >= 0.3 is 0 Å². The summed E-state index contributed by atoms with van der Waals surface area (Å²) >= 11 is 0. The lowest BCUT2D eigenvalue weighted by atomic mass is 9.88. The zero-order valence-corrected chi connectivity index (χ0v) is 13.0. The first-order valence-corrected chi connectivity index (χ1v) is 7.29. The Morgan fingerprint density at radius 2 is 1.48 bits per heavy atom. The first kappa shape index (κ1) is 13.7. The molecule has 0 saturated heterocycles. The van der Waals surface area contributed by atoms with Crippen molar-refractivity contribution in [1.29, 1.82) is 0 Å². The molecule has 0 aliphatic rings. The SMILES string of the molecule is Cc1cccc(-c2nc3ccccc3nc2C(C)(C)C)c1. The molecule has 0 amide bonds. The van der Waals surface area contributed by atoms with Crippen molar-refractivity contribution in [1.82, 2.24) is 9.97 Å². The summed E-state index contributed by atoms with van der Waals surface area (Å²) in [6, 6.07) is 16.5. The Bertz CT molecular complexity index is 798. The van der Waals surface area contributed by atoms with E-state index >= 15 is 0 Å². The van der Waals surface area contributed by atoms with Gasteiger partial charge in [0, 0.05) is 11.0 Å². The fourth-order valence-corrected chi connectivity index (χ4v) is 2.52. The number of hydrogen-bond acceptors (Lipinski definition) is 2. The van der Waals surface area contributed by atoms with Gasteiger partial charge in [0.2, 0.25) is 0 Å². The van der Waals surface area contributed by atoms with Crippen LogP contribution in [0.2, 0.25) is 0 Å². The van der Waals surface area contributed by atoms with Gasteiger partial charge < -0.3 is 0 Å². The largest absolute Gasteiger partial charge is 0.248 e. The minimum atomic E-state index is -0.0455. The summed E-state index contributed by atoms with van der Waals surface area (Å²) in [5.74, 6) is 0. The molecule has 0 fully saturated rings. The second kappa shape index (κ2) is 4.96. The van der Waals surface area contributed by atoms with Crippen molar-refractivity contribution in [2.45, 2.75) is 33.1 Å². The van der Waals surface area contributed by atoms with Gasteiger partial charge in [-0.05, 0) is 25.1 Å². The molecule has 0 radical (unpaired) electrons. The van der Waals surface area contributed by atoms with Crippen molar-refractivity contribution in [2.75, 3.05) is 0 Å². The topological polar surface area (TPSA) is 25.8 Å². The molecule has 0 unspecified atom stereocenters. The average Bonchev–Trinajstić information content (AvgIpc) is 2.45. The molecule has 3 rings (SSSR count). The summed E-state index contributed by atoms with van der Waals surface area (Å²) in [6.07, 6.45) is 0. The van der Waals surface area contributed by atoms with E-state index in [9.17, 15) is 0 Å². The normalized spacial score (nSPS) is 11.8. The Morgan fingerprint density at radius 3 is 2.10 bits per heavy atom. The lowest BCUT2D eigenvalue weighted by Gasteiger charge is -2.21. The van der Waals surface area contributed by atoms with Gasteiger partial charge in [0.1, 0.15) is 0 Å². The standard InChI is InChI=1S/C19H20N2/c1-13-8-7-9-14(12-13)17-18(19(2,3)4)21-16-11-6-5-10-15(16)20-17/h5-12H,1-4H3. The molecule has 0 N–H and O–H groups in total. The summed E-state index contributed by atoms with van der Waals surface area (Å²) in [4.78, 5) is 9.78. The highest BCUT2D eigenvalue weighted by Gasteiger charge is 2.22. The van der Waals surface area contributed by atoms with E-state index in [1.165, 1.54) is 5.56 Å². The summed E-state index contributed by atoms with van der Waals surface area (Å²) in [7, 11) is 0. The molecule has 0 spiro atoms. The number of aromatic nitrogens is 2. The molecular formula is C19H20N2. The molecule has 1 aromatic heterocycles. The minimum absolute atomic E-state index is 0.0455. The predicted molar refractivity (Wildman–Crippen MR) is 88.4 cm³/mol. The third kappa shape index (κ3) is 2.66. The Kier molecular flexibility index (Phi) is 3.25. The van der Waals surface area contributed by atoms with E-state index in [0.717, 1.165) is 28.0 Å². The molecule has 0 aliphatic heterocycles. The lowest BCUT2D eigenvalue weighted by molar-refractivity contribution is 0.571. The maximum absolute atomic E-state index is 4.89. The second-order valence-corrected chi connectivity index (χ2v) is 6.53. The number of para-hydroxylation sites is 2. The maximum Gasteiger partial charge on any atom is 0.0930 e. The molecule has 0 saturated carbocycles. The van der Waals surface area contributed by atoms with Gasteiger partial charge in [0.25, 0.3) is 0 Å². The smallest absolute Gasteiger partial charge is 0.0930 e. The molecule has 2 heteroatoms. The molecule has 0 aliphatic carbocycles. The van der Waals surface area contributed by atoms with Crippen molar-refractivity contribution in [3.63, 3.8) is 0 Å². The van der Waals surface area contributed by atoms with Crippen LogP contribution in [0.25, 0.3) is 22.3 Å². The Labute approximate surface area is 125 Å². The second-order valence-electron chi connectivity index (χ2n) is 6.53. The van der Waals surface area contributed by atoms with E-state index in [4.69, 9.17) is 9.97 Å². The van der Waals surface area contributed by atoms with Gasteiger partial charge in [-0.3, -0.25) is 0 Å². The minimum Gasteiger partial charge on any atom is -0.248 e. The Hall–Kier alpha value is -2.22. The Morgan fingerprint density at radius 1 is 0.810 bits per heavy atom. The quantitative estimate of drug-likeness (QED) is 0.631. The molecule has 106 valence electrons. The number of hydrogen-bond donors (Lipinski definition) is 0. The highest BCUT2D eigenvalue weighted by atomic mass is 14.8. The number of benzene rings is 2. The molecular weight excluding hydrogens is 256 g/mol. The van der Waals surface area contributed by atoms with Crippen LogP contribution in [0.5, 0.6) is 0 Å². The number of rotatable bonds is 1. The van der Waals surface area contributed by atoms with Gasteiger partial charge in [-0.15, -0.1) is 0 Å². The zero-order chi connectivity index (χ0) is 15.0. The van der Waals surface area contributed by atoms with Crippen molar-refractivity contribution >= 4 is 11.0 Å². The Balaban J connectivity index is 2.33. The van der Waals surface area contributed by atoms with Crippen LogP contribution < -0.4 is 0 Å². The van der Waals surface area contributed by atoms with Gasteiger partial charge in [0.15, 0.2) is 0 Å². The summed E-state index contributed by atoms with van der Waals surface area (Å²) in [6.45, 7) is 8.66. The van der Waals surface area contributed by atoms with Gasteiger partial charge in [-0.2, -0.15) is 0 Å². The van der Waals surface area contributed by atoms with Crippen molar-refractivity contribution in [2.24, 2.45) is 0 Å².